The smallest absolute Gasteiger partial charge is 0.338 e. The lowest BCUT2D eigenvalue weighted by Crippen LogP contribution is -2.33. The van der Waals surface area contributed by atoms with E-state index in [0.717, 1.165) is 12.8 Å². The third-order valence-electron chi connectivity index (χ3n) is 4.74. The Balaban J connectivity index is 1.97. The summed E-state index contributed by atoms with van der Waals surface area (Å²) in [4.78, 5) is 12.0. The Morgan fingerprint density at radius 1 is 1.19 bits per heavy atom. The molecule has 27 heavy (non-hydrogen) atoms. The van der Waals surface area contributed by atoms with Gasteiger partial charge in [0.25, 0.3) is 0 Å². The number of rotatable bonds is 7. The summed E-state index contributed by atoms with van der Waals surface area (Å²) in [5.74, 6) is -0.599. The van der Waals surface area contributed by atoms with E-state index in [1.165, 1.54) is 29.6 Å². The van der Waals surface area contributed by atoms with Crippen molar-refractivity contribution in [1.29, 1.82) is 0 Å². The van der Waals surface area contributed by atoms with Crippen LogP contribution in [0.2, 0.25) is 0 Å². The van der Waals surface area contributed by atoms with Gasteiger partial charge in [-0.15, -0.1) is 0 Å². The predicted molar refractivity (Wildman–Crippen MR) is 99.2 cm³/mol. The van der Waals surface area contributed by atoms with E-state index in [1.54, 1.807) is 31.2 Å². The van der Waals surface area contributed by atoms with Crippen molar-refractivity contribution in [2.45, 2.75) is 31.2 Å². The minimum Gasteiger partial charge on any atom is -0.465 e. The second kappa shape index (κ2) is 7.78. The molecule has 0 atom stereocenters. The topological polar surface area (TPSA) is 63.7 Å². The van der Waals surface area contributed by atoms with E-state index in [4.69, 9.17) is 4.74 Å². The Hall–Kier alpha value is -2.25. The number of carbonyl (C=O) groups is 1. The van der Waals surface area contributed by atoms with Gasteiger partial charge in [-0.1, -0.05) is 18.2 Å². The first-order chi connectivity index (χ1) is 12.8. The third-order valence-corrected chi connectivity index (χ3v) is 6.69. The molecule has 0 amide bonds. The largest absolute Gasteiger partial charge is 0.465 e. The lowest BCUT2D eigenvalue weighted by molar-refractivity contribution is 0.0599. The zero-order valence-electron chi connectivity index (χ0n) is 15.3. The molecule has 3 rings (SSSR count). The molecule has 0 radical (unpaired) electrons. The van der Waals surface area contributed by atoms with Crippen molar-refractivity contribution >= 4 is 16.0 Å². The highest BCUT2D eigenvalue weighted by atomic mass is 32.2. The van der Waals surface area contributed by atoms with Crippen LogP contribution >= 0.6 is 0 Å². The van der Waals surface area contributed by atoms with E-state index in [-0.39, 0.29) is 22.8 Å². The number of nitrogens with zero attached hydrogens (tertiary/aromatic N) is 1. The maximum absolute atomic E-state index is 13.4. The molecule has 144 valence electrons. The minimum atomic E-state index is -3.83. The first-order valence-electron chi connectivity index (χ1n) is 8.75. The fourth-order valence-corrected chi connectivity index (χ4v) is 4.75. The van der Waals surface area contributed by atoms with Crippen LogP contribution in [0.3, 0.4) is 0 Å². The number of halogens is 1. The summed E-state index contributed by atoms with van der Waals surface area (Å²) >= 11 is 0. The van der Waals surface area contributed by atoms with Crippen LogP contribution in [0.25, 0.3) is 0 Å². The molecule has 0 aromatic heterocycles. The van der Waals surface area contributed by atoms with Crippen molar-refractivity contribution in [1.82, 2.24) is 4.31 Å². The highest BCUT2D eigenvalue weighted by molar-refractivity contribution is 7.89. The van der Waals surface area contributed by atoms with E-state index < -0.39 is 16.0 Å². The van der Waals surface area contributed by atoms with Crippen LogP contribution < -0.4 is 0 Å². The van der Waals surface area contributed by atoms with Gasteiger partial charge in [-0.2, -0.15) is 4.31 Å². The maximum atomic E-state index is 13.4. The van der Waals surface area contributed by atoms with Gasteiger partial charge in [0.2, 0.25) is 10.0 Å². The SMILES string of the molecule is COC(=O)c1cccc(S(=O)(=O)N(Cc2ccc(F)cc2)CC2CC2)c1C. The van der Waals surface area contributed by atoms with Gasteiger partial charge < -0.3 is 4.74 Å². The molecule has 1 aliphatic carbocycles. The van der Waals surface area contributed by atoms with Gasteiger partial charge in [-0.25, -0.2) is 17.6 Å². The summed E-state index contributed by atoms with van der Waals surface area (Å²) < 4.78 is 46.0. The van der Waals surface area contributed by atoms with Gasteiger partial charge >= 0.3 is 5.97 Å². The molecule has 7 heteroatoms. The van der Waals surface area contributed by atoms with Crippen molar-refractivity contribution in [3.05, 3.63) is 65.0 Å². The number of methoxy groups -OCH3 is 1. The normalized spacial score (nSPS) is 14.4. The molecule has 0 saturated heterocycles. The van der Waals surface area contributed by atoms with Crippen LogP contribution in [0.5, 0.6) is 0 Å². The molecule has 2 aromatic carbocycles. The maximum Gasteiger partial charge on any atom is 0.338 e. The van der Waals surface area contributed by atoms with Crippen LogP contribution in [-0.2, 0) is 21.3 Å². The number of benzene rings is 2. The molecule has 5 nitrogen and oxygen atoms in total. The summed E-state index contributed by atoms with van der Waals surface area (Å²) in [6, 6.07) is 10.4. The Labute approximate surface area is 158 Å². The number of sulfonamides is 1. The van der Waals surface area contributed by atoms with Crippen LogP contribution in [0.1, 0.15) is 34.3 Å². The van der Waals surface area contributed by atoms with Crippen molar-refractivity contribution < 1.29 is 22.3 Å². The van der Waals surface area contributed by atoms with Crippen LogP contribution in [-0.4, -0.2) is 32.3 Å². The molecule has 1 aliphatic rings. The second-order valence-corrected chi connectivity index (χ2v) is 8.69. The van der Waals surface area contributed by atoms with E-state index in [1.807, 2.05) is 0 Å². The molecule has 0 N–H and O–H groups in total. The number of esters is 1. The van der Waals surface area contributed by atoms with E-state index >= 15 is 0 Å². The zero-order chi connectivity index (χ0) is 19.6. The highest BCUT2D eigenvalue weighted by Crippen LogP contribution is 2.33. The first-order valence-corrected chi connectivity index (χ1v) is 10.2. The van der Waals surface area contributed by atoms with Gasteiger partial charge in [-0.3, -0.25) is 0 Å². The Kier molecular flexibility index (Phi) is 5.62. The van der Waals surface area contributed by atoms with E-state index in [2.05, 4.69) is 0 Å². The molecule has 0 bridgehead atoms. The van der Waals surface area contributed by atoms with Crippen molar-refractivity contribution in [3.63, 3.8) is 0 Å². The van der Waals surface area contributed by atoms with Crippen LogP contribution in [0, 0.1) is 18.7 Å². The Morgan fingerprint density at radius 3 is 2.44 bits per heavy atom. The summed E-state index contributed by atoms with van der Waals surface area (Å²) in [6.45, 7) is 2.16. The molecule has 0 spiro atoms. The quantitative estimate of drug-likeness (QED) is 0.678. The van der Waals surface area contributed by atoms with Crippen molar-refractivity contribution in [3.8, 4) is 0 Å². The minimum absolute atomic E-state index is 0.0909. The van der Waals surface area contributed by atoms with Crippen LogP contribution in [0.4, 0.5) is 4.39 Å². The van der Waals surface area contributed by atoms with Crippen LogP contribution in [0.15, 0.2) is 47.4 Å². The highest BCUT2D eigenvalue weighted by Gasteiger charge is 2.33. The second-order valence-electron chi connectivity index (χ2n) is 6.79. The van der Waals surface area contributed by atoms with Crippen molar-refractivity contribution in [2.24, 2.45) is 5.92 Å². The number of hydrogen-bond acceptors (Lipinski definition) is 4. The molecule has 0 unspecified atom stereocenters. The van der Waals surface area contributed by atoms with E-state index in [0.29, 0.717) is 23.6 Å². The molecule has 0 heterocycles. The summed E-state index contributed by atoms with van der Waals surface area (Å²) in [5.41, 5.74) is 1.30. The molecule has 1 saturated carbocycles. The predicted octanol–water partition coefficient (Wildman–Crippen LogP) is 3.52. The Morgan fingerprint density at radius 2 is 1.85 bits per heavy atom. The molecule has 2 aromatic rings. The summed E-state index contributed by atoms with van der Waals surface area (Å²) in [7, 11) is -2.57. The van der Waals surface area contributed by atoms with Gasteiger partial charge in [0.05, 0.1) is 17.6 Å². The Bertz CT molecular complexity index is 937. The standard InChI is InChI=1S/C20H22FNO4S/c1-14-18(20(23)26-2)4-3-5-19(14)27(24,25)22(12-15-6-7-15)13-16-8-10-17(21)11-9-16/h3-5,8-11,15H,6-7,12-13H2,1-2H3. The van der Waals surface area contributed by atoms with Gasteiger partial charge in [0.1, 0.15) is 5.82 Å². The first kappa shape index (κ1) is 19.5. The fourth-order valence-electron chi connectivity index (χ4n) is 2.99. The third kappa shape index (κ3) is 4.36. The molecular weight excluding hydrogens is 369 g/mol. The number of hydrogen-bond donors (Lipinski definition) is 0. The number of carbonyl (C=O) groups excluding carboxylic acids is 1. The van der Waals surface area contributed by atoms with Gasteiger partial charge in [0, 0.05) is 13.1 Å². The monoisotopic (exact) mass is 391 g/mol. The number of ether oxygens (including phenoxy) is 1. The molecule has 1 fully saturated rings. The van der Waals surface area contributed by atoms with E-state index in [9.17, 15) is 17.6 Å². The molecular formula is C20H22FNO4S. The van der Waals surface area contributed by atoms with Crippen molar-refractivity contribution in [2.75, 3.05) is 13.7 Å². The summed E-state index contributed by atoms with van der Waals surface area (Å²) in [6.07, 6.45) is 1.99. The summed E-state index contributed by atoms with van der Waals surface area (Å²) in [5, 5.41) is 0. The fraction of sp³-hybridized carbons (Fsp3) is 0.350. The lowest BCUT2D eigenvalue weighted by atomic mass is 10.1. The average Bonchev–Trinajstić information content (AvgIpc) is 3.46. The average molecular weight is 391 g/mol. The van der Waals surface area contributed by atoms with Gasteiger partial charge in [0.15, 0.2) is 0 Å². The zero-order valence-corrected chi connectivity index (χ0v) is 16.1. The molecule has 0 aliphatic heterocycles. The lowest BCUT2D eigenvalue weighted by Gasteiger charge is -2.24. The van der Waals surface area contributed by atoms with Gasteiger partial charge in [-0.05, 0) is 61.1 Å².